The van der Waals surface area contributed by atoms with Crippen molar-refractivity contribution in [1.82, 2.24) is 9.80 Å². The third kappa shape index (κ3) is 4.67. The van der Waals surface area contributed by atoms with E-state index in [1.165, 1.54) is 0 Å². The lowest BCUT2D eigenvalue weighted by molar-refractivity contribution is -0.133. The highest BCUT2D eigenvalue weighted by atomic mass is 16.5. The van der Waals surface area contributed by atoms with Gasteiger partial charge in [-0.2, -0.15) is 0 Å². The Morgan fingerprint density at radius 3 is 2.70 bits per heavy atom. The van der Waals surface area contributed by atoms with Gasteiger partial charge in [0.25, 0.3) is 0 Å². The molecule has 2 heterocycles. The lowest BCUT2D eigenvalue weighted by atomic mass is 10.1. The van der Waals surface area contributed by atoms with E-state index in [1.807, 2.05) is 48.2 Å². The normalized spacial score (nSPS) is 22.1. The number of benzene rings is 2. The molecule has 0 aromatic heterocycles. The fourth-order valence-electron chi connectivity index (χ4n) is 4.45. The summed E-state index contributed by atoms with van der Waals surface area (Å²) in [7, 11) is 0. The van der Waals surface area contributed by atoms with Crippen molar-refractivity contribution < 1.29 is 19.4 Å². The molecule has 0 aliphatic carbocycles. The SMILES string of the molecule is CCOc1ccc(CN2C[C@@H]3OCCC(=O)N(Cc4ccccc4)[C@H]3C2)cc1CO. The summed E-state index contributed by atoms with van der Waals surface area (Å²) in [6.45, 7) is 5.90. The van der Waals surface area contributed by atoms with E-state index in [1.54, 1.807) is 0 Å². The predicted octanol–water partition coefficient (Wildman–Crippen LogP) is 2.58. The van der Waals surface area contributed by atoms with Gasteiger partial charge in [0.15, 0.2) is 0 Å². The number of ether oxygens (including phenoxy) is 2. The van der Waals surface area contributed by atoms with Gasteiger partial charge in [0.05, 0.1) is 38.4 Å². The molecule has 0 bridgehead atoms. The van der Waals surface area contributed by atoms with E-state index in [9.17, 15) is 9.90 Å². The van der Waals surface area contributed by atoms with Gasteiger partial charge in [0, 0.05) is 31.7 Å². The molecule has 4 rings (SSSR count). The van der Waals surface area contributed by atoms with Crippen LogP contribution in [0, 0.1) is 0 Å². The number of carbonyl (C=O) groups excluding carboxylic acids is 1. The van der Waals surface area contributed by atoms with Crippen molar-refractivity contribution in [3.63, 3.8) is 0 Å². The Bertz CT molecular complexity index is 858. The first-order chi connectivity index (χ1) is 14.7. The first kappa shape index (κ1) is 20.8. The second kappa shape index (κ2) is 9.60. The topological polar surface area (TPSA) is 62.2 Å². The lowest BCUT2D eigenvalue weighted by Gasteiger charge is -2.30. The molecule has 2 aliphatic heterocycles. The largest absolute Gasteiger partial charge is 0.494 e. The fourth-order valence-corrected chi connectivity index (χ4v) is 4.45. The number of aliphatic hydroxyl groups excluding tert-OH is 1. The van der Waals surface area contributed by atoms with Gasteiger partial charge in [0.2, 0.25) is 5.91 Å². The molecule has 160 valence electrons. The van der Waals surface area contributed by atoms with E-state index in [4.69, 9.17) is 9.47 Å². The Morgan fingerprint density at radius 1 is 1.10 bits per heavy atom. The minimum absolute atomic E-state index is 0.0279. The van der Waals surface area contributed by atoms with Gasteiger partial charge in [-0.1, -0.05) is 36.4 Å². The minimum Gasteiger partial charge on any atom is -0.494 e. The lowest BCUT2D eigenvalue weighted by Crippen LogP contribution is -2.45. The number of aliphatic hydroxyl groups is 1. The molecule has 0 spiro atoms. The first-order valence-electron chi connectivity index (χ1n) is 10.7. The third-order valence-electron chi connectivity index (χ3n) is 5.88. The molecule has 2 aliphatic rings. The van der Waals surface area contributed by atoms with Crippen LogP contribution >= 0.6 is 0 Å². The van der Waals surface area contributed by atoms with Crippen LogP contribution in [0.25, 0.3) is 0 Å². The summed E-state index contributed by atoms with van der Waals surface area (Å²) in [5.74, 6) is 0.898. The molecule has 1 N–H and O–H groups in total. The van der Waals surface area contributed by atoms with Crippen molar-refractivity contribution in [3.8, 4) is 5.75 Å². The summed E-state index contributed by atoms with van der Waals surface area (Å²) in [5, 5.41) is 9.68. The van der Waals surface area contributed by atoms with E-state index in [0.717, 1.165) is 42.1 Å². The number of nitrogens with zero attached hydrogens (tertiary/aromatic N) is 2. The Balaban J connectivity index is 1.47. The Kier molecular flexibility index (Phi) is 6.67. The molecule has 0 unspecified atom stereocenters. The highest BCUT2D eigenvalue weighted by Gasteiger charge is 2.41. The van der Waals surface area contributed by atoms with Gasteiger partial charge >= 0.3 is 0 Å². The summed E-state index contributed by atoms with van der Waals surface area (Å²) >= 11 is 0. The number of rotatable bonds is 7. The molecule has 2 aromatic carbocycles. The average Bonchev–Trinajstić information content (AvgIpc) is 3.09. The minimum atomic E-state index is -0.0448. The van der Waals surface area contributed by atoms with Crippen LogP contribution in [0.2, 0.25) is 0 Å². The first-order valence-corrected chi connectivity index (χ1v) is 10.7. The molecule has 2 aromatic rings. The number of hydrogen-bond donors (Lipinski definition) is 1. The molecule has 30 heavy (non-hydrogen) atoms. The van der Waals surface area contributed by atoms with Crippen LogP contribution in [0.1, 0.15) is 30.0 Å². The van der Waals surface area contributed by atoms with E-state index in [-0.39, 0.29) is 24.7 Å². The van der Waals surface area contributed by atoms with Crippen molar-refractivity contribution >= 4 is 5.91 Å². The summed E-state index contributed by atoms with van der Waals surface area (Å²) in [5.41, 5.74) is 3.07. The average molecular weight is 411 g/mol. The standard InChI is InChI=1S/C24H30N2O4/c1-2-29-22-9-8-19(12-20(22)17-27)13-25-15-21-23(16-25)30-11-10-24(28)26(21)14-18-6-4-3-5-7-18/h3-9,12,21,23,27H,2,10-11,13-17H2,1H3/t21-,23-/m0/s1. The Hall–Kier alpha value is -2.41. The van der Waals surface area contributed by atoms with E-state index in [2.05, 4.69) is 17.0 Å². The second-order valence-electron chi connectivity index (χ2n) is 7.96. The van der Waals surface area contributed by atoms with Gasteiger partial charge in [-0.05, 0) is 30.2 Å². The maximum Gasteiger partial charge on any atom is 0.225 e. The van der Waals surface area contributed by atoms with E-state index >= 15 is 0 Å². The number of amides is 1. The second-order valence-corrected chi connectivity index (χ2v) is 7.96. The van der Waals surface area contributed by atoms with Crippen molar-refractivity contribution in [2.24, 2.45) is 0 Å². The maximum absolute atomic E-state index is 12.8. The predicted molar refractivity (Wildman–Crippen MR) is 114 cm³/mol. The molecule has 6 heteroatoms. The molecule has 6 nitrogen and oxygen atoms in total. The molecule has 2 atom stereocenters. The molecular weight excluding hydrogens is 380 g/mol. The zero-order valence-electron chi connectivity index (χ0n) is 17.5. The van der Waals surface area contributed by atoms with E-state index in [0.29, 0.717) is 26.2 Å². The summed E-state index contributed by atoms with van der Waals surface area (Å²) in [6.07, 6.45) is 0.471. The third-order valence-corrected chi connectivity index (χ3v) is 5.88. The Labute approximate surface area is 178 Å². The van der Waals surface area contributed by atoms with Crippen LogP contribution in [-0.2, 0) is 29.2 Å². The number of carbonyl (C=O) groups is 1. The maximum atomic E-state index is 12.8. The van der Waals surface area contributed by atoms with E-state index < -0.39 is 0 Å². The highest BCUT2D eigenvalue weighted by molar-refractivity contribution is 5.77. The zero-order chi connectivity index (χ0) is 20.9. The van der Waals surface area contributed by atoms with Crippen LogP contribution in [0.3, 0.4) is 0 Å². The monoisotopic (exact) mass is 410 g/mol. The fraction of sp³-hybridized carbons (Fsp3) is 0.458. The van der Waals surface area contributed by atoms with Gasteiger partial charge in [0.1, 0.15) is 5.75 Å². The molecule has 2 saturated heterocycles. The van der Waals surface area contributed by atoms with Crippen LogP contribution in [0.4, 0.5) is 0 Å². The van der Waals surface area contributed by atoms with Gasteiger partial charge in [-0.3, -0.25) is 9.69 Å². The Morgan fingerprint density at radius 2 is 1.93 bits per heavy atom. The molecule has 2 fully saturated rings. The van der Waals surface area contributed by atoms with Crippen LogP contribution in [0.5, 0.6) is 5.75 Å². The molecule has 0 radical (unpaired) electrons. The number of fused-ring (bicyclic) bond motifs is 1. The van der Waals surface area contributed by atoms with Crippen molar-refractivity contribution in [2.75, 3.05) is 26.3 Å². The van der Waals surface area contributed by atoms with Crippen LogP contribution in [0.15, 0.2) is 48.5 Å². The van der Waals surface area contributed by atoms with Gasteiger partial charge in [-0.15, -0.1) is 0 Å². The van der Waals surface area contributed by atoms with Crippen molar-refractivity contribution in [2.45, 2.75) is 45.2 Å². The highest BCUT2D eigenvalue weighted by Crippen LogP contribution is 2.27. The van der Waals surface area contributed by atoms with Gasteiger partial charge < -0.3 is 19.5 Å². The summed E-state index contributed by atoms with van der Waals surface area (Å²) < 4.78 is 11.7. The van der Waals surface area contributed by atoms with Crippen LogP contribution < -0.4 is 4.74 Å². The zero-order valence-corrected chi connectivity index (χ0v) is 17.5. The number of hydrogen-bond acceptors (Lipinski definition) is 5. The quantitative estimate of drug-likeness (QED) is 0.760. The van der Waals surface area contributed by atoms with Crippen LogP contribution in [-0.4, -0.2) is 59.3 Å². The van der Waals surface area contributed by atoms with Crippen molar-refractivity contribution in [1.29, 1.82) is 0 Å². The summed E-state index contributed by atoms with van der Waals surface area (Å²) in [4.78, 5) is 17.1. The molecule has 1 amide bonds. The molecular formula is C24H30N2O4. The summed E-state index contributed by atoms with van der Waals surface area (Å²) in [6, 6.07) is 16.2. The van der Waals surface area contributed by atoms with Gasteiger partial charge in [-0.25, -0.2) is 0 Å². The smallest absolute Gasteiger partial charge is 0.225 e. The number of likely N-dealkylation sites (tertiary alicyclic amines) is 1. The van der Waals surface area contributed by atoms with Crippen molar-refractivity contribution in [3.05, 3.63) is 65.2 Å². The molecule has 0 saturated carbocycles.